The molecule has 8 radical (unpaired) electrons. The minimum atomic E-state index is -3.67. The second kappa shape index (κ2) is 9.99. The van der Waals surface area contributed by atoms with Gasteiger partial charge in [0.25, 0.3) is 17.7 Å². The number of benzene rings is 2. The van der Waals surface area contributed by atoms with Gasteiger partial charge in [0.1, 0.15) is 32.5 Å². The van der Waals surface area contributed by atoms with Crippen LogP contribution in [0, 0.1) is 5.82 Å². The SMILES string of the molecule is [B]C1([B])c2c(NCc3cc(CN4CCOCC4)ccc3F)cccc2C(=O)N1C1(O)C(=O)NC(=O)C([B])(O)C1([B])O. The van der Waals surface area contributed by atoms with Crippen LogP contribution in [0.1, 0.15) is 27.0 Å². The standard InChI is InChI=1S/C25H23B4FN4O7/c26-22(38)20(36)32-21(37)23(39,25(22,29)40)34-19(35)15-2-1-3-17(18(15)24(34,27)28)31-11-14-10-13(4-5-16(14)30)12-33-6-8-41-9-7-33/h1-5,10,31,38-40H,6-9,11-12H2,(H,32,36,37). The van der Waals surface area contributed by atoms with Gasteiger partial charge in [-0.05, 0) is 40.7 Å². The van der Waals surface area contributed by atoms with E-state index in [9.17, 15) is 34.1 Å². The number of halogens is 1. The molecule has 3 amide bonds. The van der Waals surface area contributed by atoms with Crippen molar-refractivity contribution < 1.29 is 38.8 Å². The van der Waals surface area contributed by atoms with Gasteiger partial charge < -0.3 is 30.3 Å². The Balaban J connectivity index is 1.46. The van der Waals surface area contributed by atoms with E-state index in [4.69, 9.17) is 36.1 Å². The molecule has 11 nitrogen and oxygen atoms in total. The molecule has 3 atom stereocenters. The van der Waals surface area contributed by atoms with Gasteiger partial charge in [-0.15, -0.1) is 0 Å². The van der Waals surface area contributed by atoms with Crippen LogP contribution in [-0.2, 0) is 32.8 Å². The molecule has 2 saturated heterocycles. The van der Waals surface area contributed by atoms with Crippen LogP contribution in [0.5, 0.6) is 0 Å². The number of hydrogen-bond donors (Lipinski definition) is 5. The van der Waals surface area contributed by atoms with Gasteiger partial charge in [0.15, 0.2) is 0 Å². The number of piperidine rings is 1. The zero-order valence-corrected chi connectivity index (χ0v) is 21.8. The molecule has 0 bridgehead atoms. The Labute approximate surface area is 240 Å². The van der Waals surface area contributed by atoms with Crippen LogP contribution >= 0.6 is 0 Å². The summed E-state index contributed by atoms with van der Waals surface area (Å²) < 4.78 is 20.1. The topological polar surface area (TPSA) is 152 Å². The smallest absolute Gasteiger partial charge is 0.282 e. The minimum Gasteiger partial charge on any atom is -0.392 e. The lowest BCUT2D eigenvalue weighted by Gasteiger charge is -2.57. The van der Waals surface area contributed by atoms with E-state index in [1.165, 1.54) is 24.3 Å². The molecule has 0 aromatic heterocycles. The molecule has 41 heavy (non-hydrogen) atoms. The van der Waals surface area contributed by atoms with Crippen LogP contribution < -0.4 is 10.6 Å². The van der Waals surface area contributed by atoms with Gasteiger partial charge in [0, 0.05) is 43.0 Å². The zero-order chi connectivity index (χ0) is 30.0. The monoisotopic (exact) mass is 554 g/mol. The molecular formula is C25H23B4FN4O7. The van der Waals surface area contributed by atoms with Crippen molar-refractivity contribution in [2.45, 2.75) is 35.2 Å². The fourth-order valence-corrected chi connectivity index (χ4v) is 5.36. The average Bonchev–Trinajstić information content (AvgIpc) is 3.13. The second-order valence-corrected chi connectivity index (χ2v) is 10.4. The third-order valence-corrected chi connectivity index (χ3v) is 7.68. The molecule has 2 aromatic carbocycles. The van der Waals surface area contributed by atoms with E-state index in [1.54, 1.807) is 17.4 Å². The molecule has 2 fully saturated rings. The number of anilines is 1. The number of hydrogen-bond acceptors (Lipinski definition) is 9. The van der Waals surface area contributed by atoms with E-state index in [1.807, 2.05) is 0 Å². The van der Waals surface area contributed by atoms with Crippen molar-refractivity contribution in [1.82, 2.24) is 15.1 Å². The largest absolute Gasteiger partial charge is 0.392 e. The Morgan fingerprint density at radius 2 is 1.68 bits per heavy atom. The molecule has 3 aliphatic heterocycles. The highest BCUT2D eigenvalue weighted by atomic mass is 19.1. The summed E-state index contributed by atoms with van der Waals surface area (Å²) in [4.78, 5) is 40.7. The molecule has 5 N–H and O–H groups in total. The molecule has 3 aliphatic rings. The van der Waals surface area contributed by atoms with E-state index in [-0.39, 0.29) is 28.3 Å². The number of rotatable bonds is 6. The lowest BCUT2D eigenvalue weighted by Crippen LogP contribution is -2.87. The molecule has 0 aliphatic carbocycles. The zero-order valence-electron chi connectivity index (χ0n) is 21.8. The van der Waals surface area contributed by atoms with Crippen molar-refractivity contribution in [3.8, 4) is 0 Å². The summed E-state index contributed by atoms with van der Waals surface area (Å²) in [6, 6.07) is 8.91. The number of amides is 3. The number of imide groups is 1. The fourth-order valence-electron chi connectivity index (χ4n) is 5.36. The molecule has 0 saturated carbocycles. The van der Waals surface area contributed by atoms with Gasteiger partial charge in [0.2, 0.25) is 5.72 Å². The van der Waals surface area contributed by atoms with Crippen LogP contribution in [0.25, 0.3) is 0 Å². The van der Waals surface area contributed by atoms with Crippen LogP contribution in [0.15, 0.2) is 36.4 Å². The highest BCUT2D eigenvalue weighted by Crippen LogP contribution is 2.47. The highest BCUT2D eigenvalue weighted by molar-refractivity contribution is 6.44. The summed E-state index contributed by atoms with van der Waals surface area (Å²) >= 11 is 0. The van der Waals surface area contributed by atoms with E-state index < -0.39 is 45.6 Å². The quantitative estimate of drug-likeness (QED) is 0.189. The Morgan fingerprint density at radius 3 is 2.37 bits per heavy atom. The van der Waals surface area contributed by atoms with Crippen molar-refractivity contribution in [3.63, 3.8) is 0 Å². The second-order valence-electron chi connectivity index (χ2n) is 10.4. The predicted molar refractivity (Wildman–Crippen MR) is 145 cm³/mol. The molecule has 5 rings (SSSR count). The lowest BCUT2D eigenvalue weighted by atomic mass is 9.49. The number of nitrogens with one attached hydrogen (secondary N) is 2. The third kappa shape index (κ3) is 4.40. The number of aliphatic hydroxyl groups is 3. The first-order chi connectivity index (χ1) is 19.1. The molecule has 2 aromatic rings. The minimum absolute atomic E-state index is 0.0772. The predicted octanol–water partition coefficient (Wildman–Crippen LogP) is -2.77. The van der Waals surface area contributed by atoms with Crippen molar-refractivity contribution in [2.75, 3.05) is 31.6 Å². The van der Waals surface area contributed by atoms with E-state index >= 15 is 0 Å². The van der Waals surface area contributed by atoms with Crippen molar-refractivity contribution in [1.29, 1.82) is 0 Å². The van der Waals surface area contributed by atoms with Gasteiger partial charge in [-0.3, -0.25) is 24.6 Å². The molecular weight excluding hydrogens is 531 g/mol. The summed E-state index contributed by atoms with van der Waals surface area (Å²) in [5, 5.41) is 34.6. The Bertz CT molecular complexity index is 1440. The number of fused-ring (bicyclic) bond motifs is 1. The molecule has 204 valence electrons. The first-order valence-electron chi connectivity index (χ1n) is 12.6. The maximum absolute atomic E-state index is 14.8. The maximum Gasteiger partial charge on any atom is 0.282 e. The summed E-state index contributed by atoms with van der Waals surface area (Å²) in [7, 11) is 23.7. The molecule has 16 heteroatoms. The van der Waals surface area contributed by atoms with Crippen LogP contribution in [0.3, 0.4) is 0 Å². The fraction of sp³-hybridized carbons (Fsp3) is 0.400. The van der Waals surface area contributed by atoms with E-state index in [2.05, 4.69) is 10.2 Å². The van der Waals surface area contributed by atoms with Gasteiger partial charge >= 0.3 is 0 Å². The van der Waals surface area contributed by atoms with E-state index in [0.29, 0.717) is 25.3 Å². The van der Waals surface area contributed by atoms with Gasteiger partial charge in [-0.25, -0.2) is 4.39 Å². The summed E-state index contributed by atoms with van der Waals surface area (Å²) in [6.45, 7) is 3.24. The van der Waals surface area contributed by atoms with Crippen molar-refractivity contribution in [3.05, 3.63) is 64.5 Å². The molecule has 0 spiro atoms. The number of carbonyl (C=O) groups excluding carboxylic acids is 3. The first kappa shape index (κ1) is 29.3. The number of carbonyl (C=O) groups is 3. The summed E-state index contributed by atoms with van der Waals surface area (Å²) in [6.07, 6.45) is 0. The number of morpholine rings is 1. The van der Waals surface area contributed by atoms with Crippen LogP contribution in [-0.4, -0.2) is 117 Å². The first-order valence-corrected chi connectivity index (χ1v) is 12.6. The van der Waals surface area contributed by atoms with Crippen LogP contribution in [0.2, 0.25) is 0 Å². The Morgan fingerprint density at radius 1 is 1.00 bits per heavy atom. The van der Waals surface area contributed by atoms with Crippen LogP contribution in [0.4, 0.5) is 10.1 Å². The highest BCUT2D eigenvalue weighted by Gasteiger charge is 2.72. The maximum atomic E-state index is 14.8. The third-order valence-electron chi connectivity index (χ3n) is 7.68. The van der Waals surface area contributed by atoms with Gasteiger partial charge in [-0.2, -0.15) is 0 Å². The summed E-state index contributed by atoms with van der Waals surface area (Å²) in [5.41, 5.74) is -9.82. The average molecular weight is 554 g/mol. The van der Waals surface area contributed by atoms with Gasteiger partial charge in [-0.1, -0.05) is 12.1 Å². The van der Waals surface area contributed by atoms with E-state index in [0.717, 1.165) is 18.7 Å². The number of nitrogens with zero attached hydrogens (tertiary/aromatic N) is 2. The van der Waals surface area contributed by atoms with Crippen molar-refractivity contribution in [2.24, 2.45) is 0 Å². The molecule has 3 heterocycles. The summed E-state index contributed by atoms with van der Waals surface area (Å²) in [5.74, 6) is -5.02. The van der Waals surface area contributed by atoms with Crippen molar-refractivity contribution >= 4 is 54.8 Å². The molecule has 3 unspecified atom stereocenters. The lowest BCUT2D eigenvalue weighted by molar-refractivity contribution is -0.235. The normalized spacial score (nSPS) is 29.8. The number of ether oxygens (including phenoxy) is 1. The Kier molecular flexibility index (Phi) is 7.14. The van der Waals surface area contributed by atoms with Gasteiger partial charge in [0.05, 0.1) is 28.9 Å². The Hall–Kier alpha value is -3.16.